The molecule has 0 unspecified atom stereocenters. The number of methoxy groups -OCH3 is 1. The van der Waals surface area contributed by atoms with Gasteiger partial charge in [0.1, 0.15) is 0 Å². The van der Waals surface area contributed by atoms with Crippen LogP contribution in [0.1, 0.15) is 25.5 Å². The van der Waals surface area contributed by atoms with E-state index < -0.39 is 0 Å². The Morgan fingerprint density at radius 3 is 2.62 bits per heavy atom. The molecule has 0 amide bonds. The number of nitrogens with zero attached hydrogens (tertiary/aromatic N) is 2. The summed E-state index contributed by atoms with van der Waals surface area (Å²) in [5.41, 5.74) is 3.29. The highest BCUT2D eigenvalue weighted by molar-refractivity contribution is 5.65. The topological polar surface area (TPSA) is 50.8 Å². The van der Waals surface area contributed by atoms with Gasteiger partial charge < -0.3 is 4.74 Å². The molecule has 2 heterocycles. The van der Waals surface area contributed by atoms with E-state index in [-0.39, 0.29) is 0 Å². The number of nitrogens with one attached hydrogen (secondary N) is 1. The Labute approximate surface area is 94.7 Å². The van der Waals surface area contributed by atoms with E-state index in [1.54, 1.807) is 13.3 Å². The maximum absolute atomic E-state index is 5.03. The number of aromatic amines is 1. The second kappa shape index (κ2) is 4.35. The highest BCUT2D eigenvalue weighted by atomic mass is 16.5. The normalized spacial score (nSPS) is 10.8. The summed E-state index contributed by atoms with van der Waals surface area (Å²) >= 11 is 0. The van der Waals surface area contributed by atoms with Crippen molar-refractivity contribution in [2.24, 2.45) is 0 Å². The van der Waals surface area contributed by atoms with E-state index in [9.17, 15) is 0 Å². The van der Waals surface area contributed by atoms with Crippen molar-refractivity contribution in [3.63, 3.8) is 0 Å². The van der Waals surface area contributed by atoms with Gasteiger partial charge in [-0.05, 0) is 12.0 Å². The molecule has 84 valence electrons. The van der Waals surface area contributed by atoms with E-state index in [2.05, 4.69) is 29.0 Å². The first-order valence-electron chi connectivity index (χ1n) is 5.26. The fraction of sp³-hybridized carbons (Fsp3) is 0.333. The van der Waals surface area contributed by atoms with Gasteiger partial charge in [0.15, 0.2) is 0 Å². The first kappa shape index (κ1) is 10.7. The number of pyridine rings is 1. The van der Waals surface area contributed by atoms with Gasteiger partial charge in [0.05, 0.1) is 13.3 Å². The number of hydrogen-bond donors (Lipinski definition) is 1. The average molecular weight is 217 g/mol. The molecule has 0 spiro atoms. The minimum absolute atomic E-state index is 0.416. The molecule has 16 heavy (non-hydrogen) atoms. The van der Waals surface area contributed by atoms with Crippen LogP contribution in [0, 0.1) is 0 Å². The molecule has 4 heteroatoms. The average Bonchev–Trinajstić information content (AvgIpc) is 2.78. The molecule has 1 N–H and O–H groups in total. The maximum Gasteiger partial charge on any atom is 0.212 e. The Bertz CT molecular complexity index is 459. The van der Waals surface area contributed by atoms with E-state index in [0.717, 1.165) is 16.8 Å². The molecular formula is C12H15N3O. The lowest BCUT2D eigenvalue weighted by atomic mass is 10.0. The summed E-state index contributed by atoms with van der Waals surface area (Å²) in [5, 5.41) is 7.10. The van der Waals surface area contributed by atoms with Crippen LogP contribution in [0.25, 0.3) is 11.1 Å². The maximum atomic E-state index is 5.03. The van der Waals surface area contributed by atoms with Gasteiger partial charge in [-0.2, -0.15) is 5.10 Å². The van der Waals surface area contributed by atoms with Gasteiger partial charge in [-0.1, -0.05) is 13.8 Å². The van der Waals surface area contributed by atoms with Crippen LogP contribution in [-0.2, 0) is 0 Å². The molecule has 0 bridgehead atoms. The number of rotatable bonds is 3. The molecule has 0 fully saturated rings. The van der Waals surface area contributed by atoms with Crippen molar-refractivity contribution in [1.29, 1.82) is 0 Å². The molecule has 0 atom stereocenters. The Hall–Kier alpha value is -1.84. The Morgan fingerprint density at radius 1 is 1.25 bits per heavy atom. The van der Waals surface area contributed by atoms with Crippen molar-refractivity contribution in [2.45, 2.75) is 19.8 Å². The zero-order valence-corrected chi connectivity index (χ0v) is 9.69. The van der Waals surface area contributed by atoms with Crippen LogP contribution in [0.15, 0.2) is 24.5 Å². The fourth-order valence-corrected chi connectivity index (χ4v) is 1.63. The molecule has 4 nitrogen and oxygen atoms in total. The summed E-state index contributed by atoms with van der Waals surface area (Å²) in [6.45, 7) is 4.27. The SMILES string of the molecule is COc1ccc(-c2cn[nH]c2C(C)C)cn1. The lowest BCUT2D eigenvalue weighted by Gasteiger charge is -2.06. The summed E-state index contributed by atoms with van der Waals surface area (Å²) in [6, 6.07) is 3.84. The van der Waals surface area contributed by atoms with Gasteiger partial charge in [0.2, 0.25) is 5.88 Å². The zero-order valence-electron chi connectivity index (χ0n) is 9.69. The third-order valence-corrected chi connectivity index (χ3v) is 2.50. The lowest BCUT2D eigenvalue weighted by Crippen LogP contribution is -1.92. The van der Waals surface area contributed by atoms with Crippen molar-refractivity contribution >= 4 is 0 Å². The summed E-state index contributed by atoms with van der Waals surface area (Å²) in [6.07, 6.45) is 3.63. The molecule has 0 radical (unpaired) electrons. The molecule has 0 aliphatic heterocycles. The monoisotopic (exact) mass is 217 g/mol. The largest absolute Gasteiger partial charge is 0.481 e. The van der Waals surface area contributed by atoms with Crippen LogP contribution in [-0.4, -0.2) is 22.3 Å². The van der Waals surface area contributed by atoms with E-state index in [4.69, 9.17) is 4.74 Å². The van der Waals surface area contributed by atoms with Gasteiger partial charge >= 0.3 is 0 Å². The summed E-state index contributed by atoms with van der Waals surface area (Å²) in [5.74, 6) is 1.04. The smallest absolute Gasteiger partial charge is 0.212 e. The number of hydrogen-bond acceptors (Lipinski definition) is 3. The predicted molar refractivity (Wildman–Crippen MR) is 62.5 cm³/mol. The van der Waals surface area contributed by atoms with E-state index in [1.807, 2.05) is 18.3 Å². The van der Waals surface area contributed by atoms with Gasteiger partial charge in [0, 0.05) is 29.1 Å². The number of H-pyrrole nitrogens is 1. The molecule has 2 aromatic rings. The van der Waals surface area contributed by atoms with Crippen molar-refractivity contribution in [1.82, 2.24) is 15.2 Å². The summed E-state index contributed by atoms with van der Waals surface area (Å²) in [7, 11) is 1.61. The first-order valence-corrected chi connectivity index (χ1v) is 5.26. The fourth-order valence-electron chi connectivity index (χ4n) is 1.63. The molecular weight excluding hydrogens is 202 g/mol. The van der Waals surface area contributed by atoms with E-state index >= 15 is 0 Å². The summed E-state index contributed by atoms with van der Waals surface area (Å²) < 4.78 is 5.03. The van der Waals surface area contributed by atoms with Crippen LogP contribution in [0.3, 0.4) is 0 Å². The van der Waals surface area contributed by atoms with Gasteiger partial charge in [0.25, 0.3) is 0 Å². The second-order valence-corrected chi connectivity index (χ2v) is 3.94. The van der Waals surface area contributed by atoms with Crippen molar-refractivity contribution < 1.29 is 4.74 Å². The van der Waals surface area contributed by atoms with Crippen LogP contribution >= 0.6 is 0 Å². The Balaban J connectivity index is 2.38. The standard InChI is InChI=1S/C12H15N3O/c1-8(2)12-10(7-14-15-12)9-4-5-11(16-3)13-6-9/h4-8H,1-3H3,(H,14,15). The quantitative estimate of drug-likeness (QED) is 0.859. The van der Waals surface area contributed by atoms with Crippen LogP contribution in [0.5, 0.6) is 5.88 Å². The number of ether oxygens (including phenoxy) is 1. The van der Waals surface area contributed by atoms with E-state index in [1.165, 1.54) is 0 Å². The second-order valence-electron chi connectivity index (χ2n) is 3.94. The minimum atomic E-state index is 0.416. The number of aromatic nitrogens is 3. The van der Waals surface area contributed by atoms with Crippen LogP contribution in [0.4, 0.5) is 0 Å². The molecule has 0 aromatic carbocycles. The van der Waals surface area contributed by atoms with Crippen molar-refractivity contribution in [3.8, 4) is 17.0 Å². The highest BCUT2D eigenvalue weighted by Crippen LogP contribution is 2.27. The Kier molecular flexibility index (Phi) is 2.90. The van der Waals surface area contributed by atoms with Crippen molar-refractivity contribution in [2.75, 3.05) is 7.11 Å². The third kappa shape index (κ3) is 1.91. The lowest BCUT2D eigenvalue weighted by molar-refractivity contribution is 0.398. The molecule has 2 aromatic heterocycles. The third-order valence-electron chi connectivity index (χ3n) is 2.50. The van der Waals surface area contributed by atoms with E-state index in [0.29, 0.717) is 11.8 Å². The van der Waals surface area contributed by atoms with Crippen molar-refractivity contribution in [3.05, 3.63) is 30.2 Å². The first-order chi connectivity index (χ1) is 7.72. The summed E-state index contributed by atoms with van der Waals surface area (Å²) in [4.78, 5) is 4.19. The highest BCUT2D eigenvalue weighted by Gasteiger charge is 2.10. The molecule has 0 aliphatic carbocycles. The van der Waals surface area contributed by atoms with Gasteiger partial charge in [-0.15, -0.1) is 0 Å². The molecule has 2 rings (SSSR count). The van der Waals surface area contributed by atoms with Gasteiger partial charge in [-0.3, -0.25) is 5.10 Å². The minimum Gasteiger partial charge on any atom is -0.481 e. The molecule has 0 saturated carbocycles. The van der Waals surface area contributed by atoms with Gasteiger partial charge in [-0.25, -0.2) is 4.98 Å². The zero-order chi connectivity index (χ0) is 11.5. The molecule has 0 aliphatic rings. The van der Waals surface area contributed by atoms with Crippen LogP contribution in [0.2, 0.25) is 0 Å². The van der Waals surface area contributed by atoms with Crippen LogP contribution < -0.4 is 4.74 Å². The molecule has 0 saturated heterocycles. The predicted octanol–water partition coefficient (Wildman–Crippen LogP) is 2.60. The Morgan fingerprint density at radius 2 is 2.06 bits per heavy atom.